The first-order valence-electron chi connectivity index (χ1n) is 8.13. The zero-order chi connectivity index (χ0) is 18.4. The number of Topliss-reactive ketones (excluding diaryl/α,β-unsaturated/α-hetero) is 1. The van der Waals surface area contributed by atoms with Crippen LogP contribution >= 0.6 is 0 Å². The summed E-state index contributed by atoms with van der Waals surface area (Å²) in [5.74, 6) is -0.466. The number of aryl methyl sites for hydroxylation is 2. The molecule has 0 aliphatic heterocycles. The standard InChI is InChI=1S/C20H22N2O3/c1-13-4-7-16(8-5-13)19(24)10-11-20(25)22-18-12-17(21-15(3)23)9-6-14(18)2/h4-9,12H,10-11H2,1-3H3,(H,21,23)(H,22,25). The monoisotopic (exact) mass is 338 g/mol. The molecule has 5 nitrogen and oxygen atoms in total. The molecule has 0 radical (unpaired) electrons. The number of ketones is 1. The van der Waals surface area contributed by atoms with Gasteiger partial charge < -0.3 is 10.6 Å². The molecule has 0 aliphatic carbocycles. The van der Waals surface area contributed by atoms with Crippen molar-refractivity contribution in [2.24, 2.45) is 0 Å². The van der Waals surface area contributed by atoms with Gasteiger partial charge >= 0.3 is 0 Å². The Bertz CT molecular complexity index is 795. The van der Waals surface area contributed by atoms with Gasteiger partial charge in [0.25, 0.3) is 0 Å². The van der Waals surface area contributed by atoms with E-state index in [1.165, 1.54) is 6.92 Å². The van der Waals surface area contributed by atoms with Crippen LogP contribution in [0.3, 0.4) is 0 Å². The summed E-state index contributed by atoms with van der Waals surface area (Å²) in [6, 6.07) is 12.6. The quantitative estimate of drug-likeness (QED) is 0.785. The first kappa shape index (κ1) is 18.4. The van der Waals surface area contributed by atoms with Crippen molar-refractivity contribution in [2.75, 3.05) is 10.6 Å². The number of benzene rings is 2. The Kier molecular flexibility index (Phi) is 6.06. The zero-order valence-corrected chi connectivity index (χ0v) is 14.7. The van der Waals surface area contributed by atoms with Crippen LogP contribution in [0.1, 0.15) is 41.3 Å². The summed E-state index contributed by atoms with van der Waals surface area (Å²) in [5, 5.41) is 5.47. The van der Waals surface area contributed by atoms with Crippen molar-refractivity contribution in [2.45, 2.75) is 33.6 Å². The number of nitrogens with one attached hydrogen (secondary N) is 2. The van der Waals surface area contributed by atoms with Crippen LogP contribution in [0.5, 0.6) is 0 Å². The Balaban J connectivity index is 1.94. The van der Waals surface area contributed by atoms with Crippen molar-refractivity contribution >= 4 is 29.0 Å². The average molecular weight is 338 g/mol. The lowest BCUT2D eigenvalue weighted by Gasteiger charge is -2.11. The van der Waals surface area contributed by atoms with Gasteiger partial charge in [-0.1, -0.05) is 35.9 Å². The summed E-state index contributed by atoms with van der Waals surface area (Å²) in [5.41, 5.74) is 3.82. The third kappa shape index (κ3) is 5.57. The lowest BCUT2D eigenvalue weighted by molar-refractivity contribution is -0.116. The SMILES string of the molecule is CC(=O)Nc1ccc(C)c(NC(=O)CCC(=O)c2ccc(C)cc2)c1. The molecule has 5 heteroatoms. The van der Waals surface area contributed by atoms with Gasteiger partial charge in [0.2, 0.25) is 11.8 Å². The fourth-order valence-corrected chi connectivity index (χ4v) is 2.36. The molecule has 2 rings (SSSR count). The predicted octanol–water partition coefficient (Wildman–Crippen LogP) is 3.86. The van der Waals surface area contributed by atoms with E-state index in [9.17, 15) is 14.4 Å². The Morgan fingerprint density at radius 1 is 0.880 bits per heavy atom. The topological polar surface area (TPSA) is 75.3 Å². The minimum absolute atomic E-state index is 0.0566. The van der Waals surface area contributed by atoms with Crippen LogP contribution in [-0.4, -0.2) is 17.6 Å². The van der Waals surface area contributed by atoms with Gasteiger partial charge in [0.05, 0.1) is 0 Å². The molecule has 0 saturated carbocycles. The van der Waals surface area contributed by atoms with Gasteiger partial charge in [0, 0.05) is 36.7 Å². The molecule has 2 aromatic rings. The molecule has 2 amide bonds. The van der Waals surface area contributed by atoms with E-state index in [0.29, 0.717) is 16.9 Å². The zero-order valence-electron chi connectivity index (χ0n) is 14.7. The number of amides is 2. The van der Waals surface area contributed by atoms with Crippen LogP contribution in [0.2, 0.25) is 0 Å². The second-order valence-corrected chi connectivity index (χ2v) is 6.05. The summed E-state index contributed by atoms with van der Waals surface area (Å²) in [6.45, 7) is 5.25. The van der Waals surface area contributed by atoms with E-state index in [4.69, 9.17) is 0 Å². The van der Waals surface area contributed by atoms with Gasteiger partial charge in [-0.25, -0.2) is 0 Å². The van der Waals surface area contributed by atoms with E-state index >= 15 is 0 Å². The summed E-state index contributed by atoms with van der Waals surface area (Å²) in [6.07, 6.45) is 0.260. The van der Waals surface area contributed by atoms with Gasteiger partial charge in [-0.15, -0.1) is 0 Å². The maximum Gasteiger partial charge on any atom is 0.224 e. The van der Waals surface area contributed by atoms with Gasteiger partial charge in [-0.2, -0.15) is 0 Å². The highest BCUT2D eigenvalue weighted by Crippen LogP contribution is 2.21. The summed E-state index contributed by atoms with van der Waals surface area (Å²) in [7, 11) is 0. The molecule has 2 N–H and O–H groups in total. The minimum atomic E-state index is -0.233. The van der Waals surface area contributed by atoms with E-state index in [1.54, 1.807) is 24.3 Å². The predicted molar refractivity (Wildman–Crippen MR) is 98.9 cm³/mol. The second-order valence-electron chi connectivity index (χ2n) is 6.05. The van der Waals surface area contributed by atoms with Crippen molar-refractivity contribution in [3.05, 3.63) is 59.2 Å². The van der Waals surface area contributed by atoms with Crippen molar-refractivity contribution in [1.29, 1.82) is 0 Å². The van der Waals surface area contributed by atoms with Crippen molar-refractivity contribution in [3.8, 4) is 0 Å². The lowest BCUT2D eigenvalue weighted by Crippen LogP contribution is -2.15. The Morgan fingerprint density at radius 2 is 1.56 bits per heavy atom. The molecule has 130 valence electrons. The van der Waals surface area contributed by atoms with E-state index in [-0.39, 0.29) is 30.4 Å². The van der Waals surface area contributed by atoms with Crippen molar-refractivity contribution in [1.82, 2.24) is 0 Å². The largest absolute Gasteiger partial charge is 0.326 e. The molecule has 0 heterocycles. The maximum absolute atomic E-state index is 12.1. The molecule has 0 atom stereocenters. The number of carbonyl (C=O) groups is 3. The minimum Gasteiger partial charge on any atom is -0.326 e. The number of anilines is 2. The Morgan fingerprint density at radius 3 is 2.20 bits per heavy atom. The van der Waals surface area contributed by atoms with Crippen LogP contribution in [0.4, 0.5) is 11.4 Å². The molecule has 0 unspecified atom stereocenters. The molecular weight excluding hydrogens is 316 g/mol. The van der Waals surface area contributed by atoms with E-state index < -0.39 is 0 Å². The molecule has 0 saturated heterocycles. The van der Waals surface area contributed by atoms with Gasteiger partial charge in [0.15, 0.2) is 5.78 Å². The highest BCUT2D eigenvalue weighted by Gasteiger charge is 2.11. The van der Waals surface area contributed by atoms with Crippen LogP contribution < -0.4 is 10.6 Å². The third-order valence-corrected chi connectivity index (χ3v) is 3.78. The second kappa shape index (κ2) is 8.24. The summed E-state index contributed by atoms with van der Waals surface area (Å²) < 4.78 is 0. The molecule has 0 fully saturated rings. The number of carbonyl (C=O) groups excluding carboxylic acids is 3. The van der Waals surface area contributed by atoms with Crippen LogP contribution in [0, 0.1) is 13.8 Å². The van der Waals surface area contributed by atoms with Crippen LogP contribution in [0.25, 0.3) is 0 Å². The highest BCUT2D eigenvalue weighted by molar-refractivity contribution is 6.00. The van der Waals surface area contributed by atoms with Gasteiger partial charge in [-0.05, 0) is 31.5 Å². The highest BCUT2D eigenvalue weighted by atomic mass is 16.2. The van der Waals surface area contributed by atoms with Crippen LogP contribution in [-0.2, 0) is 9.59 Å². The third-order valence-electron chi connectivity index (χ3n) is 3.78. The number of rotatable bonds is 6. The fourth-order valence-electron chi connectivity index (χ4n) is 2.36. The summed E-state index contributed by atoms with van der Waals surface area (Å²) >= 11 is 0. The van der Waals surface area contributed by atoms with Crippen molar-refractivity contribution in [3.63, 3.8) is 0 Å². The molecule has 0 spiro atoms. The first-order chi connectivity index (χ1) is 11.8. The maximum atomic E-state index is 12.1. The van der Waals surface area contributed by atoms with Gasteiger partial charge in [-0.3, -0.25) is 14.4 Å². The van der Waals surface area contributed by atoms with E-state index in [1.807, 2.05) is 32.0 Å². The normalized spacial score (nSPS) is 10.2. The van der Waals surface area contributed by atoms with Crippen molar-refractivity contribution < 1.29 is 14.4 Å². The van der Waals surface area contributed by atoms with Gasteiger partial charge in [0.1, 0.15) is 0 Å². The lowest BCUT2D eigenvalue weighted by atomic mass is 10.0. The molecule has 25 heavy (non-hydrogen) atoms. The van der Waals surface area contributed by atoms with E-state index in [2.05, 4.69) is 10.6 Å². The molecule has 2 aromatic carbocycles. The molecular formula is C20H22N2O3. The van der Waals surface area contributed by atoms with Crippen LogP contribution in [0.15, 0.2) is 42.5 Å². The molecule has 0 bridgehead atoms. The smallest absolute Gasteiger partial charge is 0.224 e. The first-order valence-corrected chi connectivity index (χ1v) is 8.13. The number of hydrogen-bond acceptors (Lipinski definition) is 3. The fraction of sp³-hybridized carbons (Fsp3) is 0.250. The Labute approximate surface area is 147 Å². The molecule has 0 aliphatic rings. The summed E-state index contributed by atoms with van der Waals surface area (Å²) in [4.78, 5) is 35.4. The van der Waals surface area contributed by atoms with E-state index in [0.717, 1.165) is 11.1 Å². The Hall–Kier alpha value is -2.95. The molecule has 0 aromatic heterocycles. The number of hydrogen-bond donors (Lipinski definition) is 2. The average Bonchev–Trinajstić information content (AvgIpc) is 2.56.